The van der Waals surface area contributed by atoms with Crippen LogP contribution in [0.3, 0.4) is 0 Å². The largest absolute Gasteiger partial charge is 0.481 e. The van der Waals surface area contributed by atoms with Gasteiger partial charge in [-0.25, -0.2) is 0 Å². The molecule has 0 aliphatic rings. The molecule has 0 unspecified atom stereocenters. The zero-order valence-electron chi connectivity index (χ0n) is 13.1. The highest BCUT2D eigenvalue weighted by atomic mass is 16.4. The molecule has 0 spiro atoms. The number of likely N-dealkylation sites (N-methyl/N-ethyl adjacent to an activating group) is 1. The number of nitrogens with one attached hydrogen (secondary N) is 1. The Balaban J connectivity index is 2.65. The van der Waals surface area contributed by atoms with Gasteiger partial charge in [0, 0.05) is 12.2 Å². The fourth-order valence-corrected chi connectivity index (χ4v) is 2.05. The van der Waals surface area contributed by atoms with Crippen LogP contribution in [0.1, 0.15) is 32.8 Å². The maximum atomic E-state index is 12.0. The zero-order chi connectivity index (χ0) is 16.0. The van der Waals surface area contributed by atoms with E-state index < -0.39 is 5.97 Å². The van der Waals surface area contributed by atoms with Crippen LogP contribution >= 0.6 is 0 Å². The van der Waals surface area contributed by atoms with Crippen molar-refractivity contribution in [3.8, 4) is 0 Å². The van der Waals surface area contributed by atoms with E-state index in [1.807, 2.05) is 24.3 Å². The van der Waals surface area contributed by atoms with Crippen molar-refractivity contribution in [2.45, 2.75) is 32.6 Å². The second kappa shape index (κ2) is 7.22. The molecule has 5 nitrogen and oxygen atoms in total. The third-order valence-corrected chi connectivity index (χ3v) is 3.13. The predicted molar refractivity (Wildman–Crippen MR) is 83.5 cm³/mol. The number of carboxylic acids is 1. The van der Waals surface area contributed by atoms with Gasteiger partial charge >= 0.3 is 5.97 Å². The van der Waals surface area contributed by atoms with E-state index in [2.05, 4.69) is 26.1 Å². The molecule has 0 aromatic heterocycles. The molecule has 0 aliphatic heterocycles. The van der Waals surface area contributed by atoms with E-state index in [1.54, 1.807) is 11.9 Å². The lowest BCUT2D eigenvalue weighted by atomic mass is 9.86. The van der Waals surface area contributed by atoms with E-state index in [1.165, 1.54) is 0 Å². The lowest BCUT2D eigenvalue weighted by molar-refractivity contribution is -0.137. The third-order valence-electron chi connectivity index (χ3n) is 3.13. The van der Waals surface area contributed by atoms with Gasteiger partial charge in [0.25, 0.3) is 0 Å². The van der Waals surface area contributed by atoms with Gasteiger partial charge in [-0.3, -0.25) is 14.5 Å². The van der Waals surface area contributed by atoms with E-state index in [-0.39, 0.29) is 24.3 Å². The predicted octanol–water partition coefficient (Wildman–Crippen LogP) is 2.33. The first kappa shape index (κ1) is 17.2. The number of rotatable bonds is 6. The lowest BCUT2D eigenvalue weighted by Gasteiger charge is -2.23. The molecule has 0 radical (unpaired) electrons. The first-order valence-electron chi connectivity index (χ1n) is 7.00. The van der Waals surface area contributed by atoms with Crippen LogP contribution in [0, 0.1) is 0 Å². The number of nitrogens with zero attached hydrogens (tertiary/aromatic N) is 1. The number of amides is 1. The van der Waals surface area contributed by atoms with Crippen molar-refractivity contribution in [2.24, 2.45) is 0 Å². The van der Waals surface area contributed by atoms with Crippen LogP contribution in [0.25, 0.3) is 0 Å². The van der Waals surface area contributed by atoms with Gasteiger partial charge in [0.1, 0.15) is 0 Å². The van der Waals surface area contributed by atoms with Crippen LogP contribution in [0.4, 0.5) is 5.69 Å². The highest BCUT2D eigenvalue weighted by Crippen LogP contribution is 2.29. The first-order valence-corrected chi connectivity index (χ1v) is 7.00. The molecule has 0 fully saturated rings. The monoisotopic (exact) mass is 292 g/mol. The number of anilines is 1. The first-order chi connectivity index (χ1) is 9.70. The molecule has 21 heavy (non-hydrogen) atoms. The fourth-order valence-electron chi connectivity index (χ4n) is 2.05. The molecular formula is C16H24N2O3. The van der Waals surface area contributed by atoms with Crippen LogP contribution in [0.5, 0.6) is 0 Å². The SMILES string of the molecule is CN(CCC(=O)O)CC(=O)Nc1ccccc1C(C)(C)C. The molecule has 0 aliphatic carbocycles. The van der Waals surface area contributed by atoms with Crippen molar-refractivity contribution in [1.29, 1.82) is 0 Å². The van der Waals surface area contributed by atoms with Crippen molar-refractivity contribution in [1.82, 2.24) is 4.90 Å². The van der Waals surface area contributed by atoms with Crippen LogP contribution in [-0.2, 0) is 15.0 Å². The molecule has 0 atom stereocenters. The standard InChI is InChI=1S/C16H24N2O3/c1-16(2,3)12-7-5-6-8-13(12)17-14(19)11-18(4)10-9-15(20)21/h5-8H,9-11H2,1-4H3,(H,17,19)(H,20,21). The highest BCUT2D eigenvalue weighted by Gasteiger charge is 2.18. The Morgan fingerprint density at radius 2 is 1.86 bits per heavy atom. The molecule has 0 saturated heterocycles. The quantitative estimate of drug-likeness (QED) is 0.844. The normalized spacial score (nSPS) is 11.5. The lowest BCUT2D eigenvalue weighted by Crippen LogP contribution is -2.32. The van der Waals surface area contributed by atoms with Crippen LogP contribution in [0.2, 0.25) is 0 Å². The van der Waals surface area contributed by atoms with Crippen LogP contribution < -0.4 is 5.32 Å². The summed E-state index contributed by atoms with van der Waals surface area (Å²) in [4.78, 5) is 24.3. The number of carboxylic acid groups (broad SMARTS) is 1. The van der Waals surface area contributed by atoms with Crippen molar-refractivity contribution in [2.75, 3.05) is 25.5 Å². The Morgan fingerprint density at radius 3 is 2.43 bits per heavy atom. The third kappa shape index (κ3) is 5.95. The summed E-state index contributed by atoms with van der Waals surface area (Å²) in [5.74, 6) is -1.00. The Kier molecular flexibility index (Phi) is 5.90. The summed E-state index contributed by atoms with van der Waals surface area (Å²) in [6.07, 6.45) is 0.0301. The molecule has 1 aromatic rings. The van der Waals surface area contributed by atoms with E-state index in [4.69, 9.17) is 5.11 Å². The van der Waals surface area contributed by atoms with E-state index >= 15 is 0 Å². The summed E-state index contributed by atoms with van der Waals surface area (Å²) in [5.41, 5.74) is 1.83. The molecule has 1 rings (SSSR count). The minimum Gasteiger partial charge on any atom is -0.481 e. The van der Waals surface area contributed by atoms with E-state index in [0.29, 0.717) is 6.54 Å². The van der Waals surface area contributed by atoms with Gasteiger partial charge in [-0.15, -0.1) is 0 Å². The fraction of sp³-hybridized carbons (Fsp3) is 0.500. The Morgan fingerprint density at radius 1 is 1.24 bits per heavy atom. The summed E-state index contributed by atoms with van der Waals surface area (Å²) < 4.78 is 0. The number of benzene rings is 1. The number of carbonyl (C=O) groups is 2. The summed E-state index contributed by atoms with van der Waals surface area (Å²) in [5, 5.41) is 11.5. The summed E-state index contributed by atoms with van der Waals surface area (Å²) in [6.45, 7) is 6.81. The van der Waals surface area contributed by atoms with E-state index in [0.717, 1.165) is 11.3 Å². The number of aliphatic carboxylic acids is 1. The van der Waals surface area contributed by atoms with Gasteiger partial charge in [0.05, 0.1) is 13.0 Å². The molecule has 1 aromatic carbocycles. The molecule has 0 bridgehead atoms. The number of hydrogen-bond donors (Lipinski definition) is 2. The van der Waals surface area contributed by atoms with Gasteiger partial charge < -0.3 is 10.4 Å². The van der Waals surface area contributed by atoms with Crippen molar-refractivity contribution in [3.05, 3.63) is 29.8 Å². The average Bonchev–Trinajstić information content (AvgIpc) is 2.35. The topological polar surface area (TPSA) is 69.6 Å². The molecule has 0 saturated carbocycles. The number of carbonyl (C=O) groups excluding carboxylic acids is 1. The average molecular weight is 292 g/mol. The van der Waals surface area contributed by atoms with Crippen LogP contribution in [0.15, 0.2) is 24.3 Å². The Labute approximate surface area is 126 Å². The maximum Gasteiger partial charge on any atom is 0.304 e. The summed E-state index contributed by atoms with van der Waals surface area (Å²) in [7, 11) is 1.73. The Hall–Kier alpha value is -1.88. The van der Waals surface area contributed by atoms with Crippen molar-refractivity contribution in [3.63, 3.8) is 0 Å². The number of para-hydroxylation sites is 1. The van der Waals surface area contributed by atoms with Gasteiger partial charge in [0.15, 0.2) is 0 Å². The van der Waals surface area contributed by atoms with Crippen molar-refractivity contribution >= 4 is 17.6 Å². The van der Waals surface area contributed by atoms with Crippen molar-refractivity contribution < 1.29 is 14.7 Å². The zero-order valence-corrected chi connectivity index (χ0v) is 13.1. The van der Waals surface area contributed by atoms with E-state index in [9.17, 15) is 9.59 Å². The van der Waals surface area contributed by atoms with Gasteiger partial charge in [-0.05, 0) is 24.1 Å². The van der Waals surface area contributed by atoms with Crippen LogP contribution in [-0.4, -0.2) is 42.0 Å². The second-order valence-corrected chi connectivity index (χ2v) is 6.23. The minimum absolute atomic E-state index is 0.0301. The molecular weight excluding hydrogens is 268 g/mol. The molecule has 1 amide bonds. The minimum atomic E-state index is -0.861. The number of hydrogen-bond acceptors (Lipinski definition) is 3. The highest BCUT2D eigenvalue weighted by molar-refractivity contribution is 5.93. The van der Waals surface area contributed by atoms with Gasteiger partial charge in [-0.1, -0.05) is 39.0 Å². The van der Waals surface area contributed by atoms with Gasteiger partial charge in [0.2, 0.25) is 5.91 Å². The molecule has 116 valence electrons. The maximum absolute atomic E-state index is 12.0. The molecule has 5 heteroatoms. The Bertz CT molecular complexity index is 506. The van der Waals surface area contributed by atoms with Gasteiger partial charge in [-0.2, -0.15) is 0 Å². The summed E-state index contributed by atoms with van der Waals surface area (Å²) >= 11 is 0. The molecule has 2 N–H and O–H groups in total. The summed E-state index contributed by atoms with van der Waals surface area (Å²) in [6, 6.07) is 7.73. The smallest absolute Gasteiger partial charge is 0.304 e. The molecule has 0 heterocycles. The second-order valence-electron chi connectivity index (χ2n) is 6.23.